The Morgan fingerprint density at radius 2 is 2.57 bits per heavy atom. The maximum atomic E-state index is 3.95. The highest BCUT2D eigenvalue weighted by Crippen LogP contribution is 2.03. The van der Waals surface area contributed by atoms with Crippen LogP contribution in [0.25, 0.3) is 0 Å². The van der Waals surface area contributed by atoms with Crippen LogP contribution in [0, 0.1) is 5.92 Å². The van der Waals surface area contributed by atoms with E-state index in [1.807, 2.05) is 12.4 Å². The highest BCUT2D eigenvalue weighted by Gasteiger charge is 1.94. The molecule has 0 aromatic rings. The number of hydrogen-bond acceptors (Lipinski definition) is 1. The molecule has 1 atom stereocenters. The summed E-state index contributed by atoms with van der Waals surface area (Å²) in [4.78, 5) is 3.95. The topological polar surface area (TPSA) is 12.4 Å². The first-order valence-corrected chi connectivity index (χ1v) is 2.58. The van der Waals surface area contributed by atoms with E-state index in [0.717, 1.165) is 6.42 Å². The summed E-state index contributed by atoms with van der Waals surface area (Å²) >= 11 is 0. The Balaban J connectivity index is 2.49. The van der Waals surface area contributed by atoms with Gasteiger partial charge in [-0.2, -0.15) is 0 Å². The molecule has 0 radical (unpaired) electrons. The molecule has 0 fully saturated rings. The van der Waals surface area contributed by atoms with Gasteiger partial charge in [0.2, 0.25) is 0 Å². The second-order valence-electron chi connectivity index (χ2n) is 1.90. The number of hydrogen-bond donors (Lipinski definition) is 0. The van der Waals surface area contributed by atoms with Crippen LogP contribution < -0.4 is 0 Å². The first kappa shape index (κ1) is 4.57. The summed E-state index contributed by atoms with van der Waals surface area (Å²) in [7, 11) is 0. The molecular weight excluding hydrogens is 86.1 g/mol. The first-order chi connectivity index (χ1) is 3.39. The van der Waals surface area contributed by atoms with Crippen molar-refractivity contribution in [3.05, 3.63) is 12.3 Å². The maximum absolute atomic E-state index is 3.95. The van der Waals surface area contributed by atoms with E-state index in [0.29, 0.717) is 5.92 Å². The van der Waals surface area contributed by atoms with Crippen LogP contribution in [-0.2, 0) is 0 Å². The molecule has 7 heavy (non-hydrogen) atoms. The van der Waals surface area contributed by atoms with Crippen molar-refractivity contribution in [2.75, 3.05) is 0 Å². The Morgan fingerprint density at radius 3 is 2.86 bits per heavy atom. The predicted octanol–water partition coefficient (Wildman–Crippen LogP) is 1.61. The molecule has 0 amide bonds. The van der Waals surface area contributed by atoms with Gasteiger partial charge in [-0.25, -0.2) is 0 Å². The lowest BCUT2D eigenvalue weighted by atomic mass is 10.1. The van der Waals surface area contributed by atoms with Crippen LogP contribution in [0.4, 0.5) is 0 Å². The minimum Gasteiger partial charge on any atom is -0.269 e. The van der Waals surface area contributed by atoms with Crippen molar-refractivity contribution in [3.8, 4) is 0 Å². The second kappa shape index (κ2) is 1.92. The van der Waals surface area contributed by atoms with Crippen LogP contribution in [0.2, 0.25) is 0 Å². The third kappa shape index (κ3) is 1.15. The highest BCUT2D eigenvalue weighted by atomic mass is 14.7. The highest BCUT2D eigenvalue weighted by molar-refractivity contribution is 5.62. The Hall–Kier alpha value is -0.590. The van der Waals surface area contributed by atoms with Gasteiger partial charge >= 0.3 is 0 Å². The summed E-state index contributed by atoms with van der Waals surface area (Å²) < 4.78 is 0. The normalized spacial score (nSPS) is 28.4. The van der Waals surface area contributed by atoms with Gasteiger partial charge in [0.25, 0.3) is 0 Å². The molecule has 1 heterocycles. The molecule has 1 aliphatic rings. The summed E-state index contributed by atoms with van der Waals surface area (Å²) in [6.07, 6.45) is 7.06. The fraction of sp³-hybridized carbons (Fsp3) is 0.500. The molecule has 0 N–H and O–H groups in total. The van der Waals surface area contributed by atoms with Gasteiger partial charge in [0.1, 0.15) is 0 Å². The number of nitrogens with zero attached hydrogens (tertiary/aromatic N) is 1. The Labute approximate surface area is 43.8 Å². The van der Waals surface area contributed by atoms with Gasteiger partial charge < -0.3 is 0 Å². The Bertz CT molecular complexity index is 103. The van der Waals surface area contributed by atoms with Gasteiger partial charge in [-0.05, 0) is 12.3 Å². The van der Waals surface area contributed by atoms with Gasteiger partial charge in [0.15, 0.2) is 0 Å². The molecule has 0 aromatic carbocycles. The zero-order valence-corrected chi connectivity index (χ0v) is 4.46. The third-order valence-corrected chi connectivity index (χ3v) is 1.04. The van der Waals surface area contributed by atoms with E-state index in [4.69, 9.17) is 0 Å². The van der Waals surface area contributed by atoms with Crippen LogP contribution in [0.3, 0.4) is 0 Å². The van der Waals surface area contributed by atoms with Gasteiger partial charge in [0, 0.05) is 12.4 Å². The molecule has 0 saturated heterocycles. The summed E-state index contributed by atoms with van der Waals surface area (Å²) in [6.45, 7) is 2.16. The second-order valence-corrected chi connectivity index (χ2v) is 1.90. The van der Waals surface area contributed by atoms with Gasteiger partial charge in [-0.15, -0.1) is 0 Å². The van der Waals surface area contributed by atoms with Crippen molar-refractivity contribution < 1.29 is 0 Å². The van der Waals surface area contributed by atoms with Crippen molar-refractivity contribution in [1.29, 1.82) is 0 Å². The number of rotatable bonds is 0. The van der Waals surface area contributed by atoms with Crippen LogP contribution in [0.5, 0.6) is 0 Å². The number of aliphatic imine (C=N–C) groups is 1. The molecule has 1 aliphatic heterocycles. The SMILES string of the molecule is CC1C=NC=CC1. The lowest BCUT2D eigenvalue weighted by Gasteiger charge is -2.01. The Kier molecular flexibility index (Phi) is 1.25. The number of allylic oxidation sites excluding steroid dienone is 1. The smallest absolute Gasteiger partial charge is 0.0224 e. The zero-order valence-electron chi connectivity index (χ0n) is 4.46. The van der Waals surface area contributed by atoms with Crippen molar-refractivity contribution in [2.45, 2.75) is 13.3 Å². The summed E-state index contributed by atoms with van der Waals surface area (Å²) in [5, 5.41) is 0. The molecule has 38 valence electrons. The Morgan fingerprint density at radius 1 is 1.71 bits per heavy atom. The largest absolute Gasteiger partial charge is 0.269 e. The van der Waals surface area contributed by atoms with E-state index >= 15 is 0 Å². The van der Waals surface area contributed by atoms with Gasteiger partial charge in [-0.3, -0.25) is 4.99 Å². The zero-order chi connectivity index (χ0) is 5.11. The molecule has 0 aromatic heterocycles. The fourth-order valence-corrected chi connectivity index (χ4v) is 0.594. The van der Waals surface area contributed by atoms with E-state index in [-0.39, 0.29) is 0 Å². The van der Waals surface area contributed by atoms with E-state index in [1.165, 1.54) is 0 Å². The molecule has 0 spiro atoms. The molecule has 0 aliphatic carbocycles. The van der Waals surface area contributed by atoms with Crippen molar-refractivity contribution in [3.63, 3.8) is 0 Å². The van der Waals surface area contributed by atoms with Gasteiger partial charge in [-0.1, -0.05) is 13.0 Å². The quantitative estimate of drug-likeness (QED) is 0.433. The first-order valence-electron chi connectivity index (χ1n) is 2.58. The van der Waals surface area contributed by atoms with Crippen molar-refractivity contribution >= 4 is 6.21 Å². The molecule has 0 bridgehead atoms. The lowest BCUT2D eigenvalue weighted by Crippen LogP contribution is -1.95. The molecule has 1 nitrogen and oxygen atoms in total. The average Bonchev–Trinajstić information content (AvgIpc) is 1.69. The van der Waals surface area contributed by atoms with Crippen LogP contribution >= 0.6 is 0 Å². The van der Waals surface area contributed by atoms with E-state index < -0.39 is 0 Å². The molecular formula is C6H9N. The average molecular weight is 95.1 g/mol. The van der Waals surface area contributed by atoms with E-state index in [2.05, 4.69) is 18.0 Å². The van der Waals surface area contributed by atoms with Crippen molar-refractivity contribution in [1.82, 2.24) is 0 Å². The standard InChI is InChI=1S/C6H9N/c1-6-3-2-4-7-5-6/h2,4-6H,3H2,1H3. The fourth-order valence-electron chi connectivity index (χ4n) is 0.594. The van der Waals surface area contributed by atoms with Gasteiger partial charge in [0.05, 0.1) is 0 Å². The molecule has 1 unspecified atom stereocenters. The summed E-state index contributed by atoms with van der Waals surface area (Å²) in [5.41, 5.74) is 0. The predicted molar refractivity (Wildman–Crippen MR) is 31.4 cm³/mol. The van der Waals surface area contributed by atoms with Crippen LogP contribution in [0.15, 0.2) is 17.3 Å². The summed E-state index contributed by atoms with van der Waals surface area (Å²) in [6, 6.07) is 0. The minimum atomic E-state index is 0.657. The molecule has 1 heteroatoms. The molecule has 0 saturated carbocycles. The van der Waals surface area contributed by atoms with E-state index in [1.54, 1.807) is 0 Å². The van der Waals surface area contributed by atoms with Crippen LogP contribution in [0.1, 0.15) is 13.3 Å². The lowest BCUT2D eigenvalue weighted by molar-refractivity contribution is 0.796. The summed E-state index contributed by atoms with van der Waals surface area (Å²) in [5.74, 6) is 0.657. The maximum Gasteiger partial charge on any atom is 0.0224 e. The minimum absolute atomic E-state index is 0.657. The van der Waals surface area contributed by atoms with E-state index in [9.17, 15) is 0 Å². The van der Waals surface area contributed by atoms with Crippen LogP contribution in [-0.4, -0.2) is 6.21 Å². The third-order valence-electron chi connectivity index (χ3n) is 1.04. The monoisotopic (exact) mass is 95.1 g/mol. The van der Waals surface area contributed by atoms with Crippen molar-refractivity contribution in [2.24, 2.45) is 10.9 Å². The molecule has 1 rings (SSSR count).